The molecular weight excluding hydrogens is 300 g/mol. The lowest BCUT2D eigenvalue weighted by Crippen LogP contribution is -2.25. The van der Waals surface area contributed by atoms with E-state index in [0.29, 0.717) is 12.8 Å². The third-order valence-corrected chi connectivity index (χ3v) is 3.81. The number of carboxylic acid groups (broad SMARTS) is 1. The zero-order valence-corrected chi connectivity index (χ0v) is 14.2. The van der Waals surface area contributed by atoms with E-state index >= 15 is 0 Å². The fourth-order valence-corrected chi connectivity index (χ4v) is 2.39. The first-order valence-electron chi connectivity index (χ1n) is 8.68. The topological polar surface area (TPSA) is 104 Å². The van der Waals surface area contributed by atoms with Crippen LogP contribution in [-0.2, 0) is 14.3 Å². The summed E-state index contributed by atoms with van der Waals surface area (Å²) in [5.74, 6) is -1.33. The monoisotopic (exact) mass is 332 g/mol. The van der Waals surface area contributed by atoms with Gasteiger partial charge in [0.25, 0.3) is 0 Å². The Balaban J connectivity index is 4.15. The highest BCUT2D eigenvalue weighted by Gasteiger charge is 2.20. The van der Waals surface area contributed by atoms with Crippen LogP contribution in [0.15, 0.2) is 0 Å². The lowest BCUT2D eigenvalue weighted by molar-refractivity contribution is -0.153. The molecule has 0 aliphatic carbocycles. The van der Waals surface area contributed by atoms with Crippen LogP contribution >= 0.6 is 0 Å². The smallest absolute Gasteiger partial charge is 0.309 e. The highest BCUT2D eigenvalue weighted by Crippen LogP contribution is 2.20. The fourth-order valence-electron chi connectivity index (χ4n) is 2.39. The van der Waals surface area contributed by atoms with E-state index in [-0.39, 0.29) is 24.9 Å². The predicted molar refractivity (Wildman–Crippen MR) is 87.0 cm³/mol. The average Bonchev–Trinajstić information content (AvgIpc) is 2.53. The highest BCUT2D eigenvalue weighted by atomic mass is 16.5. The minimum absolute atomic E-state index is 0.161. The molecular formula is C17H32O6. The van der Waals surface area contributed by atoms with Crippen molar-refractivity contribution >= 4 is 11.9 Å². The van der Waals surface area contributed by atoms with E-state index < -0.39 is 18.7 Å². The number of aliphatic hydroxyl groups excluding tert-OH is 2. The zero-order chi connectivity index (χ0) is 17.5. The second kappa shape index (κ2) is 14.5. The van der Waals surface area contributed by atoms with Gasteiger partial charge in [0.05, 0.1) is 12.5 Å². The van der Waals surface area contributed by atoms with Gasteiger partial charge in [-0.1, -0.05) is 45.4 Å². The summed E-state index contributed by atoms with van der Waals surface area (Å²) in [4.78, 5) is 22.6. The first kappa shape index (κ1) is 21.9. The fraction of sp³-hybridized carbons (Fsp3) is 0.882. The van der Waals surface area contributed by atoms with Crippen LogP contribution in [0.3, 0.4) is 0 Å². The van der Waals surface area contributed by atoms with Crippen LogP contribution in [0.4, 0.5) is 0 Å². The molecule has 0 heterocycles. The molecule has 3 N–H and O–H groups in total. The maximum Gasteiger partial charge on any atom is 0.309 e. The molecule has 0 aliphatic rings. The number of ether oxygens (including phenoxy) is 1. The number of aliphatic hydroxyl groups is 2. The molecule has 0 spiro atoms. The molecule has 0 aliphatic heterocycles. The van der Waals surface area contributed by atoms with Crippen LogP contribution in [-0.4, -0.2) is 46.6 Å². The Kier molecular flexibility index (Phi) is 13.7. The summed E-state index contributed by atoms with van der Waals surface area (Å²) in [5.41, 5.74) is 0. The van der Waals surface area contributed by atoms with Crippen molar-refractivity contribution in [3.63, 3.8) is 0 Å². The molecule has 0 aromatic rings. The standard InChI is InChI=1S/C17H32O6/c1-2-3-4-6-9-14(10-7-5-8-11-16(20)21)17(22)23-13-15(19)12-18/h14-15,18-19H,2-13H2,1H3,(H,20,21). The summed E-state index contributed by atoms with van der Waals surface area (Å²) in [6.07, 6.45) is 7.08. The molecule has 2 atom stereocenters. The Morgan fingerprint density at radius 2 is 1.61 bits per heavy atom. The van der Waals surface area contributed by atoms with Gasteiger partial charge >= 0.3 is 11.9 Å². The minimum atomic E-state index is -1.03. The summed E-state index contributed by atoms with van der Waals surface area (Å²) >= 11 is 0. The molecule has 136 valence electrons. The summed E-state index contributed by atoms with van der Waals surface area (Å²) in [5, 5.41) is 26.6. The van der Waals surface area contributed by atoms with Crippen LogP contribution in [0.1, 0.15) is 71.1 Å². The Morgan fingerprint density at radius 1 is 1.00 bits per heavy atom. The third-order valence-electron chi connectivity index (χ3n) is 3.81. The van der Waals surface area contributed by atoms with E-state index in [0.717, 1.165) is 44.9 Å². The molecule has 0 saturated heterocycles. The van der Waals surface area contributed by atoms with E-state index in [1.807, 2.05) is 0 Å². The molecule has 0 rings (SSSR count). The summed E-state index contributed by atoms with van der Waals surface area (Å²) in [6.45, 7) is 1.52. The van der Waals surface area contributed by atoms with Crippen molar-refractivity contribution in [2.24, 2.45) is 5.92 Å². The number of carbonyl (C=O) groups is 2. The quantitative estimate of drug-likeness (QED) is 0.314. The number of esters is 1. The molecule has 6 nitrogen and oxygen atoms in total. The molecule has 0 aromatic carbocycles. The van der Waals surface area contributed by atoms with Crippen molar-refractivity contribution in [1.82, 2.24) is 0 Å². The van der Waals surface area contributed by atoms with Crippen LogP contribution in [0, 0.1) is 5.92 Å². The molecule has 0 fully saturated rings. The van der Waals surface area contributed by atoms with Crippen LogP contribution < -0.4 is 0 Å². The van der Waals surface area contributed by atoms with Crippen molar-refractivity contribution in [2.75, 3.05) is 13.2 Å². The van der Waals surface area contributed by atoms with Crippen molar-refractivity contribution in [3.8, 4) is 0 Å². The zero-order valence-electron chi connectivity index (χ0n) is 14.2. The lowest BCUT2D eigenvalue weighted by atomic mass is 9.94. The maximum atomic E-state index is 12.1. The number of carboxylic acids is 1. The van der Waals surface area contributed by atoms with E-state index in [4.69, 9.17) is 14.9 Å². The largest absolute Gasteiger partial charge is 0.481 e. The Hall–Kier alpha value is -1.14. The van der Waals surface area contributed by atoms with E-state index in [9.17, 15) is 14.7 Å². The van der Waals surface area contributed by atoms with Crippen LogP contribution in [0.25, 0.3) is 0 Å². The number of unbranched alkanes of at least 4 members (excludes halogenated alkanes) is 5. The SMILES string of the molecule is CCCCCCC(CCCCCC(=O)O)C(=O)OCC(O)CO. The number of hydrogen-bond donors (Lipinski definition) is 3. The van der Waals surface area contributed by atoms with Gasteiger partial charge in [-0.3, -0.25) is 9.59 Å². The molecule has 0 saturated carbocycles. The van der Waals surface area contributed by atoms with Gasteiger partial charge in [-0.15, -0.1) is 0 Å². The van der Waals surface area contributed by atoms with Gasteiger partial charge in [0.2, 0.25) is 0 Å². The van der Waals surface area contributed by atoms with Crippen LogP contribution in [0.5, 0.6) is 0 Å². The van der Waals surface area contributed by atoms with Gasteiger partial charge in [-0.25, -0.2) is 0 Å². The molecule has 2 unspecified atom stereocenters. The number of aliphatic carboxylic acids is 1. The second-order valence-electron chi connectivity index (χ2n) is 6.01. The van der Waals surface area contributed by atoms with Gasteiger partial charge in [-0.05, 0) is 19.3 Å². The predicted octanol–water partition coefficient (Wildman–Crippen LogP) is 2.50. The minimum Gasteiger partial charge on any atom is -0.481 e. The van der Waals surface area contributed by atoms with E-state index in [1.54, 1.807) is 0 Å². The lowest BCUT2D eigenvalue weighted by Gasteiger charge is -2.17. The van der Waals surface area contributed by atoms with Crippen molar-refractivity contribution in [1.29, 1.82) is 0 Å². The first-order chi connectivity index (χ1) is 11.0. The van der Waals surface area contributed by atoms with Gasteiger partial charge in [0.15, 0.2) is 0 Å². The van der Waals surface area contributed by atoms with E-state index in [1.165, 1.54) is 0 Å². The van der Waals surface area contributed by atoms with Crippen LogP contribution in [0.2, 0.25) is 0 Å². The third kappa shape index (κ3) is 13.0. The Morgan fingerprint density at radius 3 is 2.13 bits per heavy atom. The average molecular weight is 332 g/mol. The summed E-state index contributed by atoms with van der Waals surface area (Å²) in [7, 11) is 0. The highest BCUT2D eigenvalue weighted by molar-refractivity contribution is 5.72. The molecule has 0 radical (unpaired) electrons. The maximum absolute atomic E-state index is 12.1. The second-order valence-corrected chi connectivity index (χ2v) is 6.01. The van der Waals surface area contributed by atoms with Crippen molar-refractivity contribution in [3.05, 3.63) is 0 Å². The van der Waals surface area contributed by atoms with Gasteiger partial charge in [-0.2, -0.15) is 0 Å². The molecule has 0 aromatic heterocycles. The Bertz CT molecular complexity index is 318. The molecule has 23 heavy (non-hydrogen) atoms. The number of hydrogen-bond acceptors (Lipinski definition) is 5. The van der Waals surface area contributed by atoms with Gasteiger partial charge in [0.1, 0.15) is 12.7 Å². The number of carbonyl (C=O) groups excluding carboxylic acids is 1. The number of rotatable bonds is 15. The Labute approximate surface area is 138 Å². The van der Waals surface area contributed by atoms with Crippen molar-refractivity contribution in [2.45, 2.75) is 77.2 Å². The summed E-state index contributed by atoms with van der Waals surface area (Å²) in [6, 6.07) is 0. The first-order valence-corrected chi connectivity index (χ1v) is 8.68. The molecule has 0 bridgehead atoms. The summed E-state index contributed by atoms with van der Waals surface area (Å²) < 4.78 is 5.07. The molecule has 6 heteroatoms. The van der Waals surface area contributed by atoms with Crippen molar-refractivity contribution < 1.29 is 29.6 Å². The van der Waals surface area contributed by atoms with E-state index in [2.05, 4.69) is 6.92 Å². The van der Waals surface area contributed by atoms with Gasteiger partial charge < -0.3 is 20.1 Å². The molecule has 0 amide bonds. The normalized spacial score (nSPS) is 13.5. The van der Waals surface area contributed by atoms with Gasteiger partial charge in [0, 0.05) is 6.42 Å².